The first-order valence-corrected chi connectivity index (χ1v) is 4.53. The summed E-state index contributed by atoms with van der Waals surface area (Å²) in [6.45, 7) is 0. The fourth-order valence-corrected chi connectivity index (χ4v) is 1.34. The molecule has 0 saturated heterocycles. The van der Waals surface area contributed by atoms with Crippen LogP contribution in [0.2, 0.25) is 0 Å². The van der Waals surface area contributed by atoms with Crippen molar-refractivity contribution in [1.82, 2.24) is 9.97 Å². The van der Waals surface area contributed by atoms with E-state index >= 15 is 0 Å². The molecule has 3 nitrogen and oxygen atoms in total. The largest absolute Gasteiger partial charge is 0.313 e. The zero-order valence-electron chi connectivity index (χ0n) is 7.90. The minimum atomic E-state index is -0.278. The van der Waals surface area contributed by atoms with Crippen molar-refractivity contribution >= 4 is 0 Å². The Labute approximate surface area is 85.6 Å². The lowest BCUT2D eigenvalue weighted by atomic mass is 10.1. The third-order valence-electron chi connectivity index (χ3n) is 2.06. The first kappa shape index (κ1) is 9.58. The van der Waals surface area contributed by atoms with Crippen molar-refractivity contribution in [3.63, 3.8) is 0 Å². The van der Waals surface area contributed by atoms with Crippen molar-refractivity contribution in [2.24, 2.45) is 0 Å². The average molecular weight is 204 g/mol. The maximum atomic E-state index is 13.3. The number of H-pyrrole nitrogens is 1. The van der Waals surface area contributed by atoms with Gasteiger partial charge >= 0.3 is 0 Å². The van der Waals surface area contributed by atoms with Gasteiger partial charge in [0.1, 0.15) is 5.82 Å². The molecule has 15 heavy (non-hydrogen) atoms. The second kappa shape index (κ2) is 4.04. The van der Waals surface area contributed by atoms with Crippen molar-refractivity contribution in [1.29, 1.82) is 0 Å². The smallest absolute Gasteiger partial charge is 0.250 e. The highest BCUT2D eigenvalue weighted by Crippen LogP contribution is 2.09. The van der Waals surface area contributed by atoms with Crippen LogP contribution in [-0.4, -0.2) is 9.97 Å². The molecule has 76 valence electrons. The number of rotatable bonds is 2. The zero-order valence-corrected chi connectivity index (χ0v) is 7.90. The summed E-state index contributed by atoms with van der Waals surface area (Å²) in [4.78, 5) is 17.3. The lowest BCUT2D eigenvalue weighted by Crippen LogP contribution is -2.07. The monoisotopic (exact) mass is 204 g/mol. The van der Waals surface area contributed by atoms with Crippen LogP contribution >= 0.6 is 0 Å². The fourth-order valence-electron chi connectivity index (χ4n) is 1.34. The maximum absolute atomic E-state index is 13.3. The van der Waals surface area contributed by atoms with Gasteiger partial charge in [-0.1, -0.05) is 18.2 Å². The first-order chi connectivity index (χ1) is 7.25. The van der Waals surface area contributed by atoms with E-state index in [1.54, 1.807) is 18.2 Å². The van der Waals surface area contributed by atoms with E-state index in [1.165, 1.54) is 18.5 Å². The summed E-state index contributed by atoms with van der Waals surface area (Å²) >= 11 is 0. The van der Waals surface area contributed by atoms with Crippen molar-refractivity contribution in [2.45, 2.75) is 6.42 Å². The van der Waals surface area contributed by atoms with E-state index in [0.29, 0.717) is 17.7 Å². The van der Waals surface area contributed by atoms with Gasteiger partial charge in [0.25, 0.3) is 5.56 Å². The summed E-state index contributed by atoms with van der Waals surface area (Å²) in [5, 5.41) is 0. The van der Waals surface area contributed by atoms with E-state index in [-0.39, 0.29) is 11.4 Å². The van der Waals surface area contributed by atoms with Gasteiger partial charge in [-0.2, -0.15) is 0 Å². The molecule has 0 amide bonds. The van der Waals surface area contributed by atoms with Crippen molar-refractivity contribution in [3.05, 3.63) is 64.1 Å². The van der Waals surface area contributed by atoms with Gasteiger partial charge in [0.05, 0.1) is 12.0 Å². The van der Waals surface area contributed by atoms with Gasteiger partial charge in [-0.25, -0.2) is 9.37 Å². The summed E-state index contributed by atoms with van der Waals surface area (Å²) in [5.74, 6) is -0.278. The maximum Gasteiger partial charge on any atom is 0.250 e. The Hall–Kier alpha value is -1.97. The third kappa shape index (κ3) is 2.28. The Morgan fingerprint density at radius 1 is 1.33 bits per heavy atom. The average Bonchev–Trinajstić information content (AvgIpc) is 2.22. The molecular weight excluding hydrogens is 195 g/mol. The number of hydrogen-bond acceptors (Lipinski definition) is 2. The van der Waals surface area contributed by atoms with Crippen LogP contribution in [0.3, 0.4) is 0 Å². The lowest BCUT2D eigenvalue weighted by Gasteiger charge is -2.01. The minimum Gasteiger partial charge on any atom is -0.313 e. The molecule has 0 aliphatic carbocycles. The van der Waals surface area contributed by atoms with Crippen molar-refractivity contribution in [2.75, 3.05) is 0 Å². The molecule has 1 heterocycles. The summed E-state index contributed by atoms with van der Waals surface area (Å²) in [5.41, 5.74) is 0.871. The summed E-state index contributed by atoms with van der Waals surface area (Å²) in [6.07, 6.45) is 1.65. The Bertz CT molecular complexity index is 522. The zero-order chi connectivity index (χ0) is 10.7. The van der Waals surface area contributed by atoms with Crippen LogP contribution in [0, 0.1) is 5.82 Å². The predicted molar refractivity (Wildman–Crippen MR) is 54.1 cm³/mol. The molecule has 0 bridgehead atoms. The van der Waals surface area contributed by atoms with Gasteiger partial charge < -0.3 is 4.98 Å². The molecule has 0 saturated carbocycles. The van der Waals surface area contributed by atoms with Crippen LogP contribution in [-0.2, 0) is 6.42 Å². The Balaban J connectivity index is 2.30. The molecule has 1 aromatic heterocycles. The Morgan fingerprint density at radius 3 is 2.87 bits per heavy atom. The normalized spacial score (nSPS) is 10.2. The van der Waals surface area contributed by atoms with Gasteiger partial charge in [-0.3, -0.25) is 4.79 Å². The number of nitrogens with one attached hydrogen (secondary N) is 1. The highest BCUT2D eigenvalue weighted by molar-refractivity contribution is 5.22. The Kier molecular flexibility index (Phi) is 2.58. The lowest BCUT2D eigenvalue weighted by molar-refractivity contribution is 0.613. The summed E-state index contributed by atoms with van der Waals surface area (Å²) < 4.78 is 13.3. The van der Waals surface area contributed by atoms with Crippen LogP contribution in [0.25, 0.3) is 0 Å². The van der Waals surface area contributed by atoms with Gasteiger partial charge in [0.15, 0.2) is 0 Å². The molecule has 1 N–H and O–H groups in total. The van der Waals surface area contributed by atoms with Crippen LogP contribution < -0.4 is 5.56 Å². The van der Waals surface area contributed by atoms with E-state index < -0.39 is 0 Å². The minimum absolute atomic E-state index is 0.226. The number of benzene rings is 1. The van der Waals surface area contributed by atoms with E-state index in [0.717, 1.165) is 0 Å². The molecule has 2 aromatic rings. The molecule has 0 fully saturated rings. The van der Waals surface area contributed by atoms with E-state index in [2.05, 4.69) is 9.97 Å². The van der Waals surface area contributed by atoms with Gasteiger partial charge in [0.2, 0.25) is 0 Å². The SMILES string of the molecule is O=c1cc(Cc2ccccc2F)nc[nH]1. The molecule has 0 unspecified atom stereocenters. The number of aromatic nitrogens is 2. The van der Waals surface area contributed by atoms with Gasteiger partial charge in [-0.15, -0.1) is 0 Å². The van der Waals surface area contributed by atoms with Crippen LogP contribution in [0.1, 0.15) is 11.3 Å². The second-order valence-corrected chi connectivity index (χ2v) is 3.17. The Morgan fingerprint density at radius 2 is 2.13 bits per heavy atom. The molecule has 0 radical (unpaired) electrons. The third-order valence-corrected chi connectivity index (χ3v) is 2.06. The predicted octanol–water partition coefficient (Wildman–Crippen LogP) is 1.50. The summed E-state index contributed by atoms with van der Waals surface area (Å²) in [7, 11) is 0. The van der Waals surface area contributed by atoms with Crippen LogP contribution in [0.4, 0.5) is 4.39 Å². The highest BCUT2D eigenvalue weighted by atomic mass is 19.1. The molecule has 0 aliphatic heterocycles. The first-order valence-electron chi connectivity index (χ1n) is 4.53. The van der Waals surface area contributed by atoms with E-state index in [4.69, 9.17) is 0 Å². The summed E-state index contributed by atoms with van der Waals surface area (Å²) in [6, 6.07) is 7.82. The molecule has 0 atom stereocenters. The molecule has 4 heteroatoms. The molecular formula is C11H9FN2O. The number of halogens is 1. The molecule has 0 spiro atoms. The highest BCUT2D eigenvalue weighted by Gasteiger charge is 2.03. The van der Waals surface area contributed by atoms with Crippen LogP contribution in [0.15, 0.2) is 41.5 Å². The van der Waals surface area contributed by atoms with E-state index in [1.807, 2.05) is 0 Å². The van der Waals surface area contributed by atoms with E-state index in [9.17, 15) is 9.18 Å². The molecule has 1 aromatic carbocycles. The van der Waals surface area contributed by atoms with Gasteiger partial charge in [-0.05, 0) is 11.6 Å². The van der Waals surface area contributed by atoms with Gasteiger partial charge in [0, 0.05) is 12.5 Å². The number of nitrogens with zero attached hydrogens (tertiary/aromatic N) is 1. The topological polar surface area (TPSA) is 45.8 Å². The number of aromatic amines is 1. The molecule has 2 rings (SSSR count). The second-order valence-electron chi connectivity index (χ2n) is 3.17. The fraction of sp³-hybridized carbons (Fsp3) is 0.0909. The quantitative estimate of drug-likeness (QED) is 0.805. The number of hydrogen-bond donors (Lipinski definition) is 1. The van der Waals surface area contributed by atoms with Crippen LogP contribution in [0.5, 0.6) is 0 Å². The molecule has 0 aliphatic rings. The van der Waals surface area contributed by atoms with Crippen molar-refractivity contribution in [3.8, 4) is 0 Å². The van der Waals surface area contributed by atoms with Crippen molar-refractivity contribution < 1.29 is 4.39 Å². The standard InChI is InChI=1S/C11H9FN2O/c12-10-4-2-1-3-8(10)5-9-6-11(15)14-7-13-9/h1-4,6-7H,5H2,(H,13,14,15).